The maximum Gasteiger partial charge on any atom is 0.0788 e. The zero-order chi connectivity index (χ0) is 11.1. The van der Waals surface area contributed by atoms with E-state index in [9.17, 15) is 0 Å². The van der Waals surface area contributed by atoms with Crippen molar-refractivity contribution in [3.63, 3.8) is 0 Å². The van der Waals surface area contributed by atoms with Gasteiger partial charge in [-0.1, -0.05) is 38.1 Å². The van der Waals surface area contributed by atoms with Crippen molar-refractivity contribution in [2.75, 3.05) is 7.11 Å². The van der Waals surface area contributed by atoms with Gasteiger partial charge in [-0.25, -0.2) is 0 Å². The lowest BCUT2D eigenvalue weighted by molar-refractivity contribution is 0.337. The Hall–Kier alpha value is -1.24. The molecule has 15 heavy (non-hydrogen) atoms. The fourth-order valence-electron chi connectivity index (χ4n) is 1.50. The van der Waals surface area contributed by atoms with E-state index in [1.54, 1.807) is 13.4 Å². The van der Waals surface area contributed by atoms with Gasteiger partial charge >= 0.3 is 0 Å². The molecule has 0 N–H and O–H groups in total. The van der Waals surface area contributed by atoms with Crippen LogP contribution >= 0.6 is 0 Å². The second kappa shape index (κ2) is 6.28. The molecule has 0 spiro atoms. The molecule has 1 rings (SSSR count). The lowest BCUT2D eigenvalue weighted by Gasteiger charge is -2.08. The molecule has 1 aromatic rings. The van der Waals surface area contributed by atoms with Gasteiger partial charge in [0.05, 0.1) is 13.4 Å². The summed E-state index contributed by atoms with van der Waals surface area (Å²) in [5.74, 6) is 0.661. The highest BCUT2D eigenvalue weighted by atomic mass is 16.5. The van der Waals surface area contributed by atoms with E-state index in [0.29, 0.717) is 5.92 Å². The highest BCUT2D eigenvalue weighted by Crippen LogP contribution is 2.18. The molecule has 0 aliphatic heterocycles. The van der Waals surface area contributed by atoms with Crippen molar-refractivity contribution in [1.82, 2.24) is 0 Å². The summed E-state index contributed by atoms with van der Waals surface area (Å²) in [4.78, 5) is 0. The van der Waals surface area contributed by atoms with Gasteiger partial charge in [0.25, 0.3) is 0 Å². The largest absolute Gasteiger partial charge is 0.505 e. The number of allylic oxidation sites excluding steroid dienone is 1. The third-order valence-electron chi connectivity index (χ3n) is 2.75. The molecule has 0 saturated carbocycles. The van der Waals surface area contributed by atoms with E-state index < -0.39 is 0 Å². The summed E-state index contributed by atoms with van der Waals surface area (Å²) in [6.45, 7) is 4.49. The van der Waals surface area contributed by atoms with Crippen molar-refractivity contribution >= 4 is 0 Å². The van der Waals surface area contributed by atoms with Crippen molar-refractivity contribution in [3.05, 3.63) is 47.7 Å². The van der Waals surface area contributed by atoms with Crippen molar-refractivity contribution in [2.45, 2.75) is 32.6 Å². The maximum atomic E-state index is 4.86. The van der Waals surface area contributed by atoms with Crippen LogP contribution in [0.2, 0.25) is 0 Å². The van der Waals surface area contributed by atoms with Gasteiger partial charge in [-0.3, -0.25) is 0 Å². The molecule has 0 saturated heterocycles. The minimum absolute atomic E-state index is 0.661. The van der Waals surface area contributed by atoms with Gasteiger partial charge in [-0.05, 0) is 36.0 Å². The van der Waals surface area contributed by atoms with Crippen molar-refractivity contribution in [3.8, 4) is 0 Å². The third-order valence-corrected chi connectivity index (χ3v) is 2.75. The van der Waals surface area contributed by atoms with Crippen molar-refractivity contribution in [2.24, 2.45) is 0 Å². The van der Waals surface area contributed by atoms with Crippen LogP contribution < -0.4 is 0 Å². The van der Waals surface area contributed by atoms with Crippen LogP contribution in [0.25, 0.3) is 0 Å². The Morgan fingerprint density at radius 1 is 1.27 bits per heavy atom. The average molecular weight is 204 g/mol. The zero-order valence-corrected chi connectivity index (χ0v) is 9.86. The predicted molar refractivity (Wildman–Crippen MR) is 65.0 cm³/mol. The number of methoxy groups -OCH3 is 1. The first-order valence-electron chi connectivity index (χ1n) is 5.54. The summed E-state index contributed by atoms with van der Waals surface area (Å²) in [7, 11) is 1.67. The van der Waals surface area contributed by atoms with Gasteiger partial charge in [0.15, 0.2) is 0 Å². The second-order valence-electron chi connectivity index (χ2n) is 3.86. The van der Waals surface area contributed by atoms with Gasteiger partial charge < -0.3 is 4.74 Å². The predicted octanol–water partition coefficient (Wildman–Crippen LogP) is 3.90. The van der Waals surface area contributed by atoms with Crippen LogP contribution in [0.3, 0.4) is 0 Å². The van der Waals surface area contributed by atoms with E-state index >= 15 is 0 Å². The van der Waals surface area contributed by atoms with Gasteiger partial charge in [-0.15, -0.1) is 0 Å². The van der Waals surface area contributed by atoms with E-state index in [2.05, 4.69) is 38.1 Å². The molecular formula is C14H20O. The molecular weight excluding hydrogens is 184 g/mol. The molecule has 0 aromatic heterocycles. The van der Waals surface area contributed by atoms with Gasteiger partial charge in [-0.2, -0.15) is 0 Å². The molecule has 1 unspecified atom stereocenters. The zero-order valence-electron chi connectivity index (χ0n) is 9.86. The second-order valence-corrected chi connectivity index (χ2v) is 3.86. The molecule has 1 aromatic carbocycles. The number of ether oxygens (including phenoxy) is 1. The topological polar surface area (TPSA) is 9.23 Å². The van der Waals surface area contributed by atoms with Crippen LogP contribution in [0.4, 0.5) is 0 Å². The number of hydrogen-bond donors (Lipinski definition) is 0. The van der Waals surface area contributed by atoms with Gasteiger partial charge in [0.1, 0.15) is 0 Å². The molecule has 1 nitrogen and oxygen atoms in total. The minimum atomic E-state index is 0.661. The van der Waals surface area contributed by atoms with Crippen LogP contribution in [0.15, 0.2) is 36.6 Å². The molecule has 1 heteroatoms. The summed E-state index contributed by atoms with van der Waals surface area (Å²) in [5.41, 5.74) is 2.76. The standard InChI is InChI=1S/C14H20O/c1-4-12(2)14-9-7-13(8-10-14)6-5-11-15-3/h5,7-12H,4,6H2,1-3H3. The summed E-state index contributed by atoms with van der Waals surface area (Å²) in [6, 6.07) is 8.84. The maximum absolute atomic E-state index is 4.86. The molecule has 0 amide bonds. The molecule has 0 aliphatic carbocycles. The Bertz CT molecular complexity index is 298. The molecule has 1 atom stereocenters. The number of benzene rings is 1. The normalized spacial score (nSPS) is 13.0. The highest BCUT2D eigenvalue weighted by molar-refractivity contribution is 5.26. The molecule has 0 bridgehead atoms. The van der Waals surface area contributed by atoms with E-state index in [0.717, 1.165) is 6.42 Å². The first-order chi connectivity index (χ1) is 7.27. The first kappa shape index (κ1) is 11.8. The molecule has 82 valence electrons. The SMILES string of the molecule is CCC(C)c1ccc(CC=COC)cc1. The summed E-state index contributed by atoms with van der Waals surface area (Å²) < 4.78 is 4.86. The van der Waals surface area contributed by atoms with Gasteiger partial charge in [0, 0.05) is 0 Å². The van der Waals surface area contributed by atoms with Crippen LogP contribution in [0.1, 0.15) is 37.3 Å². The quantitative estimate of drug-likeness (QED) is 0.661. The third kappa shape index (κ3) is 3.78. The smallest absolute Gasteiger partial charge is 0.0788 e. The Labute approximate surface area is 92.8 Å². The fourth-order valence-corrected chi connectivity index (χ4v) is 1.50. The lowest BCUT2D eigenvalue weighted by atomic mass is 9.97. The van der Waals surface area contributed by atoms with Crippen molar-refractivity contribution in [1.29, 1.82) is 0 Å². The molecule has 0 aliphatic rings. The Balaban J connectivity index is 2.60. The van der Waals surface area contributed by atoms with E-state index in [1.807, 2.05) is 6.08 Å². The summed E-state index contributed by atoms with van der Waals surface area (Å²) >= 11 is 0. The fraction of sp³-hybridized carbons (Fsp3) is 0.429. The lowest BCUT2D eigenvalue weighted by Crippen LogP contribution is -1.91. The summed E-state index contributed by atoms with van der Waals surface area (Å²) in [6.07, 6.45) is 5.89. The van der Waals surface area contributed by atoms with Crippen LogP contribution in [0, 0.1) is 0 Å². The Kier molecular flexibility index (Phi) is 4.96. The van der Waals surface area contributed by atoms with E-state index in [1.165, 1.54) is 17.5 Å². The average Bonchev–Trinajstić information content (AvgIpc) is 2.29. The summed E-state index contributed by atoms with van der Waals surface area (Å²) in [5, 5.41) is 0. The molecule has 0 heterocycles. The number of rotatable bonds is 5. The monoisotopic (exact) mass is 204 g/mol. The Morgan fingerprint density at radius 2 is 1.93 bits per heavy atom. The van der Waals surface area contributed by atoms with Crippen LogP contribution in [0.5, 0.6) is 0 Å². The van der Waals surface area contributed by atoms with E-state index in [4.69, 9.17) is 4.74 Å². The molecule has 0 radical (unpaired) electrons. The van der Waals surface area contributed by atoms with E-state index in [-0.39, 0.29) is 0 Å². The number of hydrogen-bond acceptors (Lipinski definition) is 1. The first-order valence-corrected chi connectivity index (χ1v) is 5.54. The van der Waals surface area contributed by atoms with Crippen LogP contribution in [-0.2, 0) is 11.2 Å². The minimum Gasteiger partial charge on any atom is -0.505 e. The van der Waals surface area contributed by atoms with Crippen molar-refractivity contribution < 1.29 is 4.74 Å². The molecule has 0 fully saturated rings. The van der Waals surface area contributed by atoms with Crippen LogP contribution in [-0.4, -0.2) is 7.11 Å². The van der Waals surface area contributed by atoms with Gasteiger partial charge in [0.2, 0.25) is 0 Å². The highest BCUT2D eigenvalue weighted by Gasteiger charge is 2.01. The Morgan fingerprint density at radius 3 is 2.47 bits per heavy atom.